The third-order valence-electron chi connectivity index (χ3n) is 4.47. The van der Waals surface area contributed by atoms with Gasteiger partial charge < -0.3 is 5.32 Å². The first-order valence-corrected chi connectivity index (χ1v) is 10.9. The van der Waals surface area contributed by atoms with Crippen LogP contribution in [0.1, 0.15) is 49.5 Å². The summed E-state index contributed by atoms with van der Waals surface area (Å²) in [4.78, 5) is 12.7. The number of hydrogen-bond acceptors (Lipinski definition) is 3. The summed E-state index contributed by atoms with van der Waals surface area (Å²) in [6, 6.07) is 13.9. The molecule has 1 amide bonds. The fourth-order valence-electron chi connectivity index (χ4n) is 2.85. The molecule has 6 heteroatoms. The van der Waals surface area contributed by atoms with E-state index in [0.29, 0.717) is 24.3 Å². The second-order valence-corrected chi connectivity index (χ2v) is 8.31. The minimum Gasteiger partial charge on any atom is -0.322 e. The number of hydrogen-bond donors (Lipinski definition) is 1. The fourth-order valence-corrected chi connectivity index (χ4v) is 4.35. The van der Waals surface area contributed by atoms with Gasteiger partial charge in [-0.05, 0) is 48.7 Å². The molecule has 0 fully saturated rings. The highest BCUT2D eigenvalue weighted by Gasteiger charge is 2.22. The number of carbonyl (C=O) groups is 1. The average Bonchev–Trinajstić information content (AvgIpc) is 2.68. The quantitative estimate of drug-likeness (QED) is 0.696. The zero-order valence-corrected chi connectivity index (χ0v) is 17.1. The number of rotatable bonds is 9. The van der Waals surface area contributed by atoms with Crippen LogP contribution < -0.4 is 5.32 Å². The lowest BCUT2D eigenvalue weighted by molar-refractivity contribution is 0.102. The summed E-state index contributed by atoms with van der Waals surface area (Å²) in [6.45, 7) is 6.52. The molecule has 0 bridgehead atoms. The molecule has 5 nitrogen and oxygen atoms in total. The second kappa shape index (κ2) is 9.67. The molecule has 0 aliphatic heterocycles. The van der Waals surface area contributed by atoms with Crippen LogP contribution >= 0.6 is 0 Å². The molecule has 0 aliphatic carbocycles. The molecule has 0 spiro atoms. The SMILES string of the molecule is CCCCc1ccc(NC(=O)c2cccc(S(=O)(=O)N(CC)CC)c2)cc1. The minimum absolute atomic E-state index is 0.133. The Hall–Kier alpha value is -2.18. The molecule has 0 aromatic heterocycles. The molecule has 1 N–H and O–H groups in total. The standard InChI is InChI=1S/C21H28N2O3S/c1-4-7-9-17-12-14-19(15-13-17)22-21(24)18-10-8-11-20(16-18)27(25,26)23(5-2)6-3/h8,10-16H,4-7,9H2,1-3H3,(H,22,24). The first-order valence-electron chi connectivity index (χ1n) is 9.42. The molecular weight excluding hydrogens is 360 g/mol. The van der Waals surface area contributed by atoms with Crippen LogP contribution in [0.5, 0.6) is 0 Å². The zero-order valence-electron chi connectivity index (χ0n) is 16.2. The highest BCUT2D eigenvalue weighted by molar-refractivity contribution is 7.89. The summed E-state index contributed by atoms with van der Waals surface area (Å²) in [5.74, 6) is -0.326. The summed E-state index contributed by atoms with van der Waals surface area (Å²) >= 11 is 0. The lowest BCUT2D eigenvalue weighted by Gasteiger charge is -2.18. The molecule has 27 heavy (non-hydrogen) atoms. The number of benzene rings is 2. The number of amides is 1. The van der Waals surface area contributed by atoms with E-state index in [-0.39, 0.29) is 10.8 Å². The normalized spacial score (nSPS) is 11.6. The molecule has 0 atom stereocenters. The van der Waals surface area contributed by atoms with Crippen LogP contribution in [0, 0.1) is 0 Å². The predicted octanol–water partition coefficient (Wildman–Crippen LogP) is 4.31. The Morgan fingerprint density at radius 3 is 2.26 bits per heavy atom. The molecule has 2 aromatic carbocycles. The number of nitrogens with zero attached hydrogens (tertiary/aromatic N) is 1. The Morgan fingerprint density at radius 1 is 1.00 bits per heavy atom. The van der Waals surface area contributed by atoms with Crippen molar-refractivity contribution in [1.82, 2.24) is 4.31 Å². The highest BCUT2D eigenvalue weighted by atomic mass is 32.2. The third-order valence-corrected chi connectivity index (χ3v) is 6.52. The molecule has 0 aliphatic rings. The first kappa shape index (κ1) is 21.1. The molecule has 2 aromatic rings. The van der Waals surface area contributed by atoms with Crippen LogP contribution in [0.2, 0.25) is 0 Å². The summed E-state index contributed by atoms with van der Waals surface area (Å²) in [5.41, 5.74) is 2.25. The van der Waals surface area contributed by atoms with Gasteiger partial charge in [-0.3, -0.25) is 4.79 Å². The molecule has 2 rings (SSSR count). The molecule has 146 valence electrons. The van der Waals surface area contributed by atoms with Gasteiger partial charge in [-0.1, -0.05) is 45.4 Å². The van der Waals surface area contributed by atoms with Crippen molar-refractivity contribution in [1.29, 1.82) is 0 Å². The van der Waals surface area contributed by atoms with Crippen molar-refractivity contribution in [3.05, 3.63) is 59.7 Å². The Balaban J connectivity index is 2.15. The van der Waals surface area contributed by atoms with Crippen LogP contribution in [0.3, 0.4) is 0 Å². The number of aryl methyl sites for hydroxylation is 1. The minimum atomic E-state index is -3.59. The molecule has 0 unspecified atom stereocenters. The van der Waals surface area contributed by atoms with Gasteiger partial charge in [-0.25, -0.2) is 8.42 Å². The van der Waals surface area contributed by atoms with E-state index in [1.165, 1.54) is 22.0 Å². The van der Waals surface area contributed by atoms with Crippen LogP contribution in [0.25, 0.3) is 0 Å². The van der Waals surface area contributed by atoms with Crippen molar-refractivity contribution in [3.63, 3.8) is 0 Å². The summed E-state index contributed by atoms with van der Waals surface area (Å²) in [6.07, 6.45) is 3.31. The van der Waals surface area contributed by atoms with E-state index in [0.717, 1.165) is 19.3 Å². The molecule has 0 heterocycles. The predicted molar refractivity (Wildman–Crippen MR) is 110 cm³/mol. The highest BCUT2D eigenvalue weighted by Crippen LogP contribution is 2.18. The van der Waals surface area contributed by atoms with Gasteiger partial charge >= 0.3 is 0 Å². The lowest BCUT2D eigenvalue weighted by Crippen LogP contribution is -2.30. The van der Waals surface area contributed by atoms with E-state index in [1.807, 2.05) is 24.3 Å². The van der Waals surface area contributed by atoms with Gasteiger partial charge in [-0.15, -0.1) is 0 Å². The van der Waals surface area contributed by atoms with Gasteiger partial charge in [0, 0.05) is 24.3 Å². The van der Waals surface area contributed by atoms with Crippen LogP contribution in [-0.2, 0) is 16.4 Å². The zero-order chi connectivity index (χ0) is 19.9. The van der Waals surface area contributed by atoms with E-state index in [9.17, 15) is 13.2 Å². The smallest absolute Gasteiger partial charge is 0.255 e. The monoisotopic (exact) mass is 388 g/mol. The fraction of sp³-hybridized carbons (Fsp3) is 0.381. The van der Waals surface area contributed by atoms with Crippen molar-refractivity contribution >= 4 is 21.6 Å². The van der Waals surface area contributed by atoms with Crippen LogP contribution in [-0.4, -0.2) is 31.7 Å². The Labute approximate surface area is 162 Å². The maximum Gasteiger partial charge on any atom is 0.255 e. The van der Waals surface area contributed by atoms with Crippen molar-refractivity contribution in [3.8, 4) is 0 Å². The van der Waals surface area contributed by atoms with Gasteiger partial charge in [0.2, 0.25) is 10.0 Å². The van der Waals surface area contributed by atoms with E-state index in [1.54, 1.807) is 26.0 Å². The van der Waals surface area contributed by atoms with Gasteiger partial charge in [-0.2, -0.15) is 4.31 Å². The van der Waals surface area contributed by atoms with Crippen molar-refractivity contribution < 1.29 is 13.2 Å². The summed E-state index contributed by atoms with van der Waals surface area (Å²) in [5, 5.41) is 2.83. The Kier molecular flexibility index (Phi) is 7.56. The van der Waals surface area contributed by atoms with Crippen molar-refractivity contribution in [2.75, 3.05) is 18.4 Å². The Morgan fingerprint density at radius 2 is 1.67 bits per heavy atom. The lowest BCUT2D eigenvalue weighted by atomic mass is 10.1. The summed E-state index contributed by atoms with van der Waals surface area (Å²) in [7, 11) is -3.59. The third kappa shape index (κ3) is 5.40. The molecule has 0 radical (unpaired) electrons. The van der Waals surface area contributed by atoms with E-state index >= 15 is 0 Å². The molecule has 0 saturated carbocycles. The summed E-state index contributed by atoms with van der Waals surface area (Å²) < 4.78 is 26.7. The topological polar surface area (TPSA) is 66.5 Å². The van der Waals surface area contributed by atoms with Gasteiger partial charge in [0.25, 0.3) is 5.91 Å². The van der Waals surface area contributed by atoms with Gasteiger partial charge in [0.15, 0.2) is 0 Å². The van der Waals surface area contributed by atoms with Crippen LogP contribution in [0.15, 0.2) is 53.4 Å². The van der Waals surface area contributed by atoms with Gasteiger partial charge in [0.05, 0.1) is 4.90 Å². The number of sulfonamides is 1. The number of carbonyl (C=O) groups excluding carboxylic acids is 1. The number of nitrogens with one attached hydrogen (secondary N) is 1. The van der Waals surface area contributed by atoms with E-state index in [2.05, 4.69) is 12.2 Å². The number of unbranched alkanes of at least 4 members (excludes halogenated alkanes) is 1. The second-order valence-electron chi connectivity index (χ2n) is 6.37. The Bertz CT molecular complexity index is 857. The van der Waals surface area contributed by atoms with Crippen molar-refractivity contribution in [2.24, 2.45) is 0 Å². The largest absolute Gasteiger partial charge is 0.322 e. The number of anilines is 1. The maximum absolute atomic E-state index is 12.6. The first-order chi connectivity index (χ1) is 12.9. The average molecular weight is 389 g/mol. The molecule has 0 saturated heterocycles. The van der Waals surface area contributed by atoms with Crippen LogP contribution in [0.4, 0.5) is 5.69 Å². The molecular formula is C21H28N2O3S. The van der Waals surface area contributed by atoms with E-state index < -0.39 is 10.0 Å². The van der Waals surface area contributed by atoms with Crippen molar-refractivity contribution in [2.45, 2.75) is 44.9 Å². The van der Waals surface area contributed by atoms with Gasteiger partial charge in [0.1, 0.15) is 0 Å². The maximum atomic E-state index is 12.6. The van der Waals surface area contributed by atoms with E-state index in [4.69, 9.17) is 0 Å².